The molecule has 0 unspecified atom stereocenters. The fourth-order valence-electron chi connectivity index (χ4n) is 4.25. The van der Waals surface area contributed by atoms with Gasteiger partial charge in [0.05, 0.1) is 5.02 Å². The molecule has 31 heavy (non-hydrogen) atoms. The Bertz CT molecular complexity index is 993. The summed E-state index contributed by atoms with van der Waals surface area (Å²) in [5, 5.41) is 3.63. The second kappa shape index (κ2) is 9.45. The molecule has 0 spiro atoms. The highest BCUT2D eigenvalue weighted by molar-refractivity contribution is 6.31. The molecular weight excluding hydrogens is 442 g/mol. The maximum atomic E-state index is 13.4. The molecule has 2 aromatic carbocycles. The number of nitrogens with zero attached hydrogens (tertiary/aromatic N) is 1. The summed E-state index contributed by atoms with van der Waals surface area (Å²) in [4.78, 5) is 27.0. The second-order valence-corrected chi connectivity index (χ2v) is 8.93. The van der Waals surface area contributed by atoms with Crippen molar-refractivity contribution in [1.82, 2.24) is 10.2 Å². The number of rotatable bonds is 5. The van der Waals surface area contributed by atoms with Gasteiger partial charge in [-0.05, 0) is 61.1 Å². The van der Waals surface area contributed by atoms with Crippen molar-refractivity contribution in [3.63, 3.8) is 0 Å². The summed E-state index contributed by atoms with van der Waals surface area (Å²) in [6.07, 6.45) is 2.95. The van der Waals surface area contributed by atoms with Crippen molar-refractivity contribution < 1.29 is 18.7 Å². The lowest BCUT2D eigenvalue weighted by Crippen LogP contribution is -2.42. The highest BCUT2D eigenvalue weighted by Gasteiger charge is 2.32. The molecule has 2 amide bonds. The van der Waals surface area contributed by atoms with Gasteiger partial charge in [-0.1, -0.05) is 29.3 Å². The Kier molecular flexibility index (Phi) is 6.68. The molecule has 1 aliphatic carbocycles. The Balaban J connectivity index is 1.21. The molecule has 8 heteroatoms. The zero-order valence-electron chi connectivity index (χ0n) is 16.9. The Morgan fingerprint density at radius 2 is 1.77 bits per heavy atom. The van der Waals surface area contributed by atoms with Crippen molar-refractivity contribution in [2.45, 2.75) is 44.8 Å². The number of hydrogen-bond acceptors (Lipinski definition) is 3. The van der Waals surface area contributed by atoms with Crippen molar-refractivity contribution in [1.29, 1.82) is 0 Å². The van der Waals surface area contributed by atoms with Gasteiger partial charge < -0.3 is 15.0 Å². The van der Waals surface area contributed by atoms with E-state index in [9.17, 15) is 14.0 Å². The van der Waals surface area contributed by atoms with E-state index in [2.05, 4.69) is 5.32 Å². The van der Waals surface area contributed by atoms with E-state index in [-0.39, 0.29) is 41.2 Å². The number of carbonyl (C=O) groups excluding carboxylic acids is 2. The highest BCUT2D eigenvalue weighted by atomic mass is 35.5. The van der Waals surface area contributed by atoms with E-state index in [0.717, 1.165) is 42.9 Å². The smallest absolute Gasteiger partial charge is 0.258 e. The molecule has 0 atom stereocenters. The average Bonchev–Trinajstić information content (AvgIpc) is 3.18. The largest absolute Gasteiger partial charge is 0.484 e. The summed E-state index contributed by atoms with van der Waals surface area (Å²) in [6, 6.07) is 9.83. The fraction of sp³-hybridized carbons (Fsp3) is 0.391. The molecule has 5 nitrogen and oxygen atoms in total. The van der Waals surface area contributed by atoms with Crippen LogP contribution in [0.2, 0.25) is 10.0 Å². The lowest BCUT2D eigenvalue weighted by Gasteiger charge is -2.30. The normalized spacial score (nSPS) is 20.3. The van der Waals surface area contributed by atoms with Crippen LogP contribution in [0.5, 0.6) is 5.75 Å². The SMILES string of the molecule is O=C(COc1ccc(Cl)c(F)c1)N[C@H]1CC[C@H](C(=O)N2Cc3ccc(Cl)cc3C2)CC1. The molecule has 1 aliphatic heterocycles. The third kappa shape index (κ3) is 5.31. The van der Waals surface area contributed by atoms with Crippen LogP contribution in [0.1, 0.15) is 36.8 Å². The molecule has 1 heterocycles. The van der Waals surface area contributed by atoms with Gasteiger partial charge in [0.1, 0.15) is 11.6 Å². The van der Waals surface area contributed by atoms with Crippen LogP contribution in [-0.2, 0) is 22.7 Å². The van der Waals surface area contributed by atoms with Gasteiger partial charge in [0.25, 0.3) is 5.91 Å². The van der Waals surface area contributed by atoms with Crippen molar-refractivity contribution in [3.8, 4) is 5.75 Å². The van der Waals surface area contributed by atoms with Gasteiger partial charge in [0, 0.05) is 36.1 Å². The number of benzene rings is 2. The van der Waals surface area contributed by atoms with Crippen molar-refractivity contribution >= 4 is 35.0 Å². The van der Waals surface area contributed by atoms with Gasteiger partial charge in [-0.2, -0.15) is 0 Å². The number of ether oxygens (including phenoxy) is 1. The number of fused-ring (bicyclic) bond motifs is 1. The first-order valence-electron chi connectivity index (χ1n) is 10.3. The number of nitrogens with one attached hydrogen (secondary N) is 1. The summed E-state index contributed by atoms with van der Waals surface area (Å²) in [5.41, 5.74) is 2.27. The molecule has 1 N–H and O–H groups in total. The predicted molar refractivity (Wildman–Crippen MR) is 116 cm³/mol. The molecule has 164 valence electrons. The molecule has 1 fully saturated rings. The van der Waals surface area contributed by atoms with E-state index in [1.807, 2.05) is 23.1 Å². The van der Waals surface area contributed by atoms with Crippen molar-refractivity contribution in [2.24, 2.45) is 5.92 Å². The molecule has 0 aromatic heterocycles. The van der Waals surface area contributed by atoms with Crippen molar-refractivity contribution in [3.05, 3.63) is 63.4 Å². The van der Waals surface area contributed by atoms with E-state index >= 15 is 0 Å². The number of halogens is 3. The van der Waals surface area contributed by atoms with Crippen LogP contribution < -0.4 is 10.1 Å². The van der Waals surface area contributed by atoms with Gasteiger partial charge in [0.15, 0.2) is 6.61 Å². The van der Waals surface area contributed by atoms with Crippen LogP contribution in [0, 0.1) is 11.7 Å². The van der Waals surface area contributed by atoms with Crippen LogP contribution in [0.3, 0.4) is 0 Å². The van der Waals surface area contributed by atoms with E-state index in [1.165, 1.54) is 12.1 Å². The Labute approximate surface area is 190 Å². The highest BCUT2D eigenvalue weighted by Crippen LogP contribution is 2.31. The molecule has 0 radical (unpaired) electrons. The molecular formula is C23H23Cl2FN2O3. The molecule has 2 aromatic rings. The van der Waals surface area contributed by atoms with Crippen LogP contribution >= 0.6 is 23.2 Å². The summed E-state index contributed by atoms with van der Waals surface area (Å²) < 4.78 is 18.8. The maximum absolute atomic E-state index is 13.4. The molecule has 4 rings (SSSR count). The van der Waals surface area contributed by atoms with E-state index < -0.39 is 5.82 Å². The number of carbonyl (C=O) groups is 2. The van der Waals surface area contributed by atoms with E-state index in [0.29, 0.717) is 18.1 Å². The van der Waals surface area contributed by atoms with Crippen LogP contribution in [0.25, 0.3) is 0 Å². The summed E-state index contributed by atoms with van der Waals surface area (Å²) in [5.74, 6) is -0.459. The minimum absolute atomic E-state index is 0.00437. The lowest BCUT2D eigenvalue weighted by atomic mass is 9.85. The average molecular weight is 465 g/mol. The quantitative estimate of drug-likeness (QED) is 0.695. The number of amides is 2. The first kappa shape index (κ1) is 21.9. The monoisotopic (exact) mass is 464 g/mol. The van der Waals surface area contributed by atoms with Crippen LogP contribution in [0.4, 0.5) is 4.39 Å². The first-order chi connectivity index (χ1) is 14.9. The van der Waals surface area contributed by atoms with Gasteiger partial charge in [-0.15, -0.1) is 0 Å². The minimum Gasteiger partial charge on any atom is -0.484 e. The second-order valence-electron chi connectivity index (χ2n) is 8.09. The molecule has 0 bridgehead atoms. The summed E-state index contributed by atoms with van der Waals surface area (Å²) in [7, 11) is 0. The Morgan fingerprint density at radius 1 is 1.03 bits per heavy atom. The Hall–Kier alpha value is -2.31. The molecule has 2 aliphatic rings. The lowest BCUT2D eigenvalue weighted by molar-refractivity contribution is -0.137. The topological polar surface area (TPSA) is 58.6 Å². The van der Waals surface area contributed by atoms with Crippen molar-refractivity contribution in [2.75, 3.05) is 6.61 Å². The van der Waals surface area contributed by atoms with Gasteiger partial charge in [-0.25, -0.2) is 4.39 Å². The zero-order valence-corrected chi connectivity index (χ0v) is 18.4. The van der Waals surface area contributed by atoms with Crippen LogP contribution in [-0.4, -0.2) is 29.4 Å². The van der Waals surface area contributed by atoms with Crippen LogP contribution in [0.15, 0.2) is 36.4 Å². The van der Waals surface area contributed by atoms with Gasteiger partial charge >= 0.3 is 0 Å². The summed E-state index contributed by atoms with van der Waals surface area (Å²) >= 11 is 11.7. The van der Waals surface area contributed by atoms with Gasteiger partial charge in [-0.3, -0.25) is 9.59 Å². The fourth-order valence-corrected chi connectivity index (χ4v) is 4.56. The standard InChI is InChI=1S/C23H23Cl2FN2O3/c24-17-4-1-15-11-28(12-16(15)9-17)23(30)14-2-5-18(6-3-14)27-22(29)13-31-19-7-8-20(25)21(26)10-19/h1,4,7-10,14,18H,2-3,5-6,11-13H2,(H,27,29)/t14-,18-. The predicted octanol–water partition coefficient (Wildman–Crippen LogP) is 4.73. The summed E-state index contributed by atoms with van der Waals surface area (Å²) in [6.45, 7) is 1.03. The van der Waals surface area contributed by atoms with E-state index in [4.69, 9.17) is 27.9 Å². The molecule has 1 saturated carbocycles. The first-order valence-corrected chi connectivity index (χ1v) is 11.1. The maximum Gasteiger partial charge on any atom is 0.258 e. The third-order valence-electron chi connectivity index (χ3n) is 5.90. The van der Waals surface area contributed by atoms with Gasteiger partial charge in [0.2, 0.25) is 5.91 Å². The number of hydrogen-bond donors (Lipinski definition) is 1. The zero-order chi connectivity index (χ0) is 22.0. The third-order valence-corrected chi connectivity index (χ3v) is 6.45. The molecule has 0 saturated heterocycles. The van der Waals surface area contributed by atoms with E-state index in [1.54, 1.807) is 0 Å². The minimum atomic E-state index is -0.591. The Morgan fingerprint density at radius 3 is 2.52 bits per heavy atom.